The van der Waals surface area contributed by atoms with Gasteiger partial charge in [-0.1, -0.05) is 68.2 Å². The first-order valence-electron chi connectivity index (χ1n) is 38.3. The molecule has 0 aliphatic carbocycles. The highest BCUT2D eigenvalue weighted by atomic mass is 32.2. The molecule has 20 N–H and O–H groups in total. The number of carbonyl (C=O) groups is 19. The molecule has 4 rings (SSSR count). The molecule has 632 valence electrons. The van der Waals surface area contributed by atoms with Crippen LogP contribution in [0.1, 0.15) is 195 Å². The minimum absolute atomic E-state index is 0.0127. The second kappa shape index (κ2) is 46.4. The van der Waals surface area contributed by atoms with Crippen LogP contribution in [0.5, 0.6) is 0 Å². The van der Waals surface area contributed by atoms with Crippen LogP contribution in [0.3, 0.4) is 0 Å². The summed E-state index contributed by atoms with van der Waals surface area (Å²) in [6.45, 7) is 13.5. The number of hydrogen-bond donors (Lipinski definition) is 16. The third-order valence-corrected chi connectivity index (χ3v) is 22.3. The number of thioether (sulfide) groups is 1. The second-order valence-electron chi connectivity index (χ2n) is 30.6. The lowest BCUT2D eigenvalue weighted by atomic mass is 9.85. The number of primary amides is 3. The number of aliphatic hydroxyl groups is 1. The molecule has 1 aromatic rings. The first-order chi connectivity index (χ1) is 53.4. The van der Waals surface area contributed by atoms with E-state index in [1.54, 1.807) is 66.8 Å². The topological polar surface area (TPSA) is 625 Å². The maximum absolute atomic E-state index is 14.5. The zero-order valence-corrected chi connectivity index (χ0v) is 67.6. The van der Waals surface area contributed by atoms with Crippen molar-refractivity contribution in [1.82, 2.24) is 47.4 Å². The Morgan fingerprint density at radius 2 is 1.19 bits per heavy atom. The SMILES string of the molecule is CC[C@H](C)[C@@H]1NC(=O)[C@H](CCC(N)=O)NC(=O)[C@H](CCCCC(=N)N)NC(=O)[C@H](CC(C)C)CC(=O)CNC(=O)[C@H](CC(=O)O)CC(=O)[C@H](C(C)C)NC(=O)[C@H](C(C)C)CC(=O)[C@H](CC(N)=O)NC(=O)[C@@H]2CCCN2C(=O)[C@@H]2CSC(=N2)c2cc(cs2)CC(C(N)=O)NC(=O)[C@H]([C@@H](C)O)CC(=O)[C@H](CC(=O)O)NC(=O)CCC1=O. The van der Waals surface area contributed by atoms with Gasteiger partial charge in [-0.2, -0.15) is 0 Å². The van der Waals surface area contributed by atoms with Gasteiger partial charge in [0.2, 0.25) is 70.9 Å². The summed E-state index contributed by atoms with van der Waals surface area (Å²) in [5.41, 5.74) is 22.9. The Morgan fingerprint density at radius 1 is 0.596 bits per heavy atom. The molecule has 3 aliphatic rings. The van der Waals surface area contributed by atoms with Crippen molar-refractivity contribution in [3.8, 4) is 0 Å². The van der Waals surface area contributed by atoms with Gasteiger partial charge in [0.15, 0.2) is 28.9 Å². The summed E-state index contributed by atoms with van der Waals surface area (Å²) in [7, 11) is 0. The standard InChI is InChI=1S/C75H113N15O22S2/c1-10-38(8)65-53(93)18-20-61(99)82-49(31-63(102)103)55(95)29-45(39(9)91)70(108)86-50(66(80)104)23-40-24-57(113-33-40)74-87-51(34-114-74)75(112)90-21-13-15-52(90)73(111)85-48(30-60(79)98)54(94)28-44(36(4)5)69(107)88-64(37(6)7)56(96)26-42(27-62(100)101)67(105)81-32-43(92)25-41(22-35(2)3)68(106)83-46(14-11-12-16-58(76)77)71(109)84-47(72(110)89-65)17-19-59(78)97/h24,33,35-39,41-42,44-52,64-65,91H,10-23,25-32,34H2,1-9H3,(H3,76,77)(H2,78,97)(H2,79,98)(H2,80,104)(H,81,105)(H,82,99)(H,83,106)(H,84,109)(H,85,111)(H,86,108)(H,88,107)(H,89,110)(H,100,101)(H,102,103)/t38-,39+,41+,42-,44-,45-,46-,47-,48-,49-,50?,51-,52-,64-,65-/m0/s1. The number of carboxylic acid groups (broad SMARTS) is 2. The molecule has 0 saturated carbocycles. The van der Waals surface area contributed by atoms with Crippen LogP contribution < -0.4 is 65.5 Å². The summed E-state index contributed by atoms with van der Waals surface area (Å²) in [6.07, 6.45) is -8.68. The van der Waals surface area contributed by atoms with Crippen molar-refractivity contribution in [2.45, 2.75) is 251 Å². The Balaban J connectivity index is 1.77. The van der Waals surface area contributed by atoms with E-state index in [9.17, 15) is 106 Å². The van der Waals surface area contributed by atoms with Crippen molar-refractivity contribution < 1.29 is 106 Å². The normalized spacial score (nSPS) is 26.4. The third-order valence-electron chi connectivity index (χ3n) is 20.1. The second-order valence-corrected chi connectivity index (χ2v) is 32.6. The summed E-state index contributed by atoms with van der Waals surface area (Å²) in [5.74, 6) is -26.6. The number of amidine groups is 1. The van der Waals surface area contributed by atoms with Gasteiger partial charge in [0.25, 0.3) is 0 Å². The lowest BCUT2D eigenvalue weighted by Gasteiger charge is -2.29. The highest BCUT2D eigenvalue weighted by molar-refractivity contribution is 8.15. The molecule has 12 amide bonds. The number of carbonyl (C=O) groups excluding carboxylic acids is 17. The minimum atomic E-state index is -1.85. The van der Waals surface area contributed by atoms with Crippen LogP contribution in [-0.4, -0.2) is 222 Å². The summed E-state index contributed by atoms with van der Waals surface area (Å²) in [4.78, 5) is 267. The van der Waals surface area contributed by atoms with Crippen LogP contribution in [0.2, 0.25) is 0 Å². The van der Waals surface area contributed by atoms with E-state index >= 15 is 0 Å². The number of unbranched alkanes of at least 4 members (excludes halogenated alkanes) is 1. The number of thiophene rings is 1. The Labute approximate surface area is 669 Å². The van der Waals surface area contributed by atoms with E-state index in [2.05, 4.69) is 47.5 Å². The lowest BCUT2D eigenvalue weighted by Crippen LogP contribution is -2.57. The number of ketones is 5. The Morgan fingerprint density at radius 3 is 1.77 bits per heavy atom. The largest absolute Gasteiger partial charge is 0.481 e. The van der Waals surface area contributed by atoms with Crippen LogP contribution >= 0.6 is 23.1 Å². The van der Waals surface area contributed by atoms with E-state index in [4.69, 9.17) is 28.3 Å². The van der Waals surface area contributed by atoms with Crippen molar-refractivity contribution in [3.05, 3.63) is 21.9 Å². The van der Waals surface area contributed by atoms with Crippen LogP contribution in [0.15, 0.2) is 16.4 Å². The predicted molar refractivity (Wildman–Crippen MR) is 415 cm³/mol. The Kier molecular flexibility index (Phi) is 39.3. The molecular formula is C75H113N15O22S2. The number of nitrogens with zero attached hydrogens (tertiary/aromatic N) is 2. The monoisotopic (exact) mass is 1640 g/mol. The number of aliphatic imine (C=N–C) groups is 1. The fraction of sp³-hybridized carbons (Fsp3) is 0.667. The lowest BCUT2D eigenvalue weighted by molar-refractivity contribution is -0.143. The number of hydrogen-bond acceptors (Lipinski definition) is 24. The van der Waals surface area contributed by atoms with Gasteiger partial charge >= 0.3 is 11.9 Å². The average molecular weight is 1640 g/mol. The molecule has 1 saturated heterocycles. The number of amides is 12. The highest BCUT2D eigenvalue weighted by Crippen LogP contribution is 2.32. The van der Waals surface area contributed by atoms with Gasteiger partial charge in [0.1, 0.15) is 35.3 Å². The molecule has 0 aromatic carbocycles. The average Bonchev–Trinajstić information content (AvgIpc) is 1.65. The number of fused-ring (bicyclic) bond motifs is 5. The quantitative estimate of drug-likeness (QED) is 0.0383. The maximum atomic E-state index is 14.5. The van der Waals surface area contributed by atoms with Crippen LogP contribution in [0.25, 0.3) is 0 Å². The summed E-state index contributed by atoms with van der Waals surface area (Å²) in [6, 6.07) is -11.4. The summed E-state index contributed by atoms with van der Waals surface area (Å²) in [5, 5.41) is 60.5. The molecule has 1 unspecified atom stereocenters. The van der Waals surface area contributed by atoms with Crippen molar-refractivity contribution in [2.75, 3.05) is 18.8 Å². The van der Waals surface area contributed by atoms with E-state index in [1.165, 1.54) is 16.7 Å². The molecule has 4 bridgehead atoms. The van der Waals surface area contributed by atoms with Gasteiger partial charge < -0.3 is 85.7 Å². The van der Waals surface area contributed by atoms with E-state index in [0.717, 1.165) is 18.3 Å². The van der Waals surface area contributed by atoms with E-state index in [-0.39, 0.29) is 75.4 Å². The Bertz CT molecular complexity index is 3770. The number of Topliss-reactive ketones (excluding diaryl/α,β-unsaturated/α-hetero) is 5. The van der Waals surface area contributed by atoms with Crippen LogP contribution in [-0.2, 0) is 97.5 Å². The first kappa shape index (κ1) is 96.4. The Hall–Kier alpha value is -9.92. The van der Waals surface area contributed by atoms with Gasteiger partial charge in [0, 0.05) is 81.9 Å². The minimum Gasteiger partial charge on any atom is -0.481 e. The van der Waals surface area contributed by atoms with Crippen molar-refractivity contribution in [1.29, 1.82) is 5.41 Å². The zero-order chi connectivity index (χ0) is 85.7. The predicted octanol–water partition coefficient (Wildman–Crippen LogP) is -0.825. The van der Waals surface area contributed by atoms with Crippen LogP contribution in [0, 0.1) is 52.8 Å². The number of rotatable bonds is 22. The fourth-order valence-electron chi connectivity index (χ4n) is 13.4. The molecule has 15 atom stereocenters. The molecular weight excluding hydrogens is 1530 g/mol. The van der Waals surface area contributed by atoms with Gasteiger partial charge in [0.05, 0.1) is 78.6 Å². The molecule has 0 radical (unpaired) electrons. The van der Waals surface area contributed by atoms with Crippen LogP contribution in [0.4, 0.5) is 0 Å². The van der Waals surface area contributed by atoms with Gasteiger partial charge in [-0.3, -0.25) is 101 Å². The third kappa shape index (κ3) is 31.5. The number of aliphatic carboxylic acids is 2. The van der Waals surface area contributed by atoms with Crippen molar-refractivity contribution in [3.63, 3.8) is 0 Å². The molecule has 1 fully saturated rings. The zero-order valence-electron chi connectivity index (χ0n) is 65.9. The van der Waals surface area contributed by atoms with Crippen molar-refractivity contribution >= 4 is 146 Å². The molecule has 37 nitrogen and oxygen atoms in total. The fourth-order valence-corrected chi connectivity index (χ4v) is 15.5. The maximum Gasteiger partial charge on any atom is 0.305 e. The summed E-state index contributed by atoms with van der Waals surface area (Å²) < 4.78 is 0. The smallest absolute Gasteiger partial charge is 0.305 e. The van der Waals surface area contributed by atoms with E-state index in [0.29, 0.717) is 21.9 Å². The number of nitrogens with one attached hydrogen (secondary N) is 9. The molecule has 4 heterocycles. The number of aliphatic hydroxyl groups excluding tert-OH is 1. The number of carboxylic acids is 2. The molecule has 39 heteroatoms. The molecule has 3 aliphatic heterocycles. The number of nitrogens with two attached hydrogens (primary N) is 4. The van der Waals surface area contributed by atoms with Gasteiger partial charge in [-0.25, -0.2) is 0 Å². The van der Waals surface area contributed by atoms with E-state index < -0.39 is 291 Å². The molecule has 1 aromatic heterocycles. The molecule has 0 spiro atoms. The summed E-state index contributed by atoms with van der Waals surface area (Å²) >= 11 is 2.37. The van der Waals surface area contributed by atoms with Crippen molar-refractivity contribution in [2.24, 2.45) is 75.3 Å². The highest BCUT2D eigenvalue weighted by Gasteiger charge is 2.43. The molecule has 114 heavy (non-hydrogen) atoms. The van der Waals surface area contributed by atoms with E-state index in [1.807, 2.05) is 0 Å². The van der Waals surface area contributed by atoms with Gasteiger partial charge in [-0.15, -0.1) is 23.1 Å². The van der Waals surface area contributed by atoms with Gasteiger partial charge in [-0.05, 0) is 86.1 Å². The first-order valence-corrected chi connectivity index (χ1v) is 40.2.